The van der Waals surface area contributed by atoms with Crippen LogP contribution in [0, 0.1) is 5.41 Å². The fraction of sp³-hybridized carbons (Fsp3) is 0.286. The first-order chi connectivity index (χ1) is 14.3. The summed E-state index contributed by atoms with van der Waals surface area (Å²) in [4.78, 5) is 25.6. The molecular weight excluding hydrogens is 454 g/mol. The van der Waals surface area contributed by atoms with Gasteiger partial charge < -0.3 is 0 Å². The van der Waals surface area contributed by atoms with Gasteiger partial charge >= 0.3 is 11.9 Å². The maximum Gasteiger partial charge on any atom is 0.416 e. The Morgan fingerprint density at radius 3 is 2.16 bits per heavy atom. The molecule has 0 bridgehead atoms. The van der Waals surface area contributed by atoms with E-state index in [2.05, 4.69) is 5.10 Å². The van der Waals surface area contributed by atoms with Gasteiger partial charge in [0.25, 0.3) is 0 Å². The van der Waals surface area contributed by atoms with Crippen LogP contribution in [0.5, 0.6) is 0 Å². The third kappa shape index (κ3) is 4.85. The highest BCUT2D eigenvalue weighted by Crippen LogP contribution is 2.32. The van der Waals surface area contributed by atoms with E-state index in [9.17, 15) is 22.8 Å². The van der Waals surface area contributed by atoms with Gasteiger partial charge in [-0.1, -0.05) is 44.0 Å². The van der Waals surface area contributed by atoms with Crippen molar-refractivity contribution in [1.82, 2.24) is 14.3 Å². The van der Waals surface area contributed by atoms with Crippen LogP contribution < -0.4 is 5.69 Å². The maximum absolute atomic E-state index is 13.1. The number of benzene rings is 2. The van der Waals surface area contributed by atoms with E-state index in [4.69, 9.17) is 23.2 Å². The van der Waals surface area contributed by atoms with E-state index in [1.165, 1.54) is 6.07 Å². The van der Waals surface area contributed by atoms with Crippen molar-refractivity contribution in [3.63, 3.8) is 0 Å². The average molecular weight is 472 g/mol. The number of Topliss-reactive ketones (excluding diaryl/α,β-unsaturated/α-hetero) is 1. The van der Waals surface area contributed by atoms with Gasteiger partial charge in [-0.25, -0.2) is 14.0 Å². The molecule has 1 aromatic heterocycles. The highest BCUT2D eigenvalue weighted by atomic mass is 35.5. The maximum atomic E-state index is 13.1. The third-order valence-corrected chi connectivity index (χ3v) is 5.14. The van der Waals surface area contributed by atoms with E-state index in [0.717, 1.165) is 33.5 Å². The largest absolute Gasteiger partial charge is 0.416 e. The topological polar surface area (TPSA) is 56.9 Å². The molecule has 0 radical (unpaired) electrons. The Morgan fingerprint density at radius 2 is 1.65 bits per heavy atom. The molecule has 0 atom stereocenters. The summed E-state index contributed by atoms with van der Waals surface area (Å²) in [6, 6.07) is 8.61. The number of hydrogen-bond donors (Lipinski definition) is 0. The Labute approximate surface area is 186 Å². The minimum absolute atomic E-state index is 0.0770. The lowest BCUT2D eigenvalue weighted by Crippen LogP contribution is -2.32. The van der Waals surface area contributed by atoms with Crippen LogP contribution in [-0.4, -0.2) is 20.1 Å². The molecule has 3 aromatic rings. The molecule has 0 fully saturated rings. The van der Waals surface area contributed by atoms with Gasteiger partial charge in [-0.2, -0.15) is 13.2 Å². The number of carbonyl (C=O) groups is 1. The average Bonchev–Trinajstić information content (AvgIpc) is 2.96. The molecule has 2 aromatic carbocycles. The molecule has 10 heteroatoms. The SMILES string of the molecule is CC(C)(C)C(=O)Cn1nc(-c2ccc(Cl)cc2Cl)n(-c2ccc(C(F)(F)F)cc2)c1=O. The molecule has 0 amide bonds. The molecule has 0 aliphatic rings. The van der Waals surface area contributed by atoms with E-state index in [-0.39, 0.29) is 28.9 Å². The van der Waals surface area contributed by atoms with Crippen LogP contribution >= 0.6 is 23.2 Å². The van der Waals surface area contributed by atoms with Crippen molar-refractivity contribution in [2.75, 3.05) is 0 Å². The van der Waals surface area contributed by atoms with Gasteiger partial charge in [-0.3, -0.25) is 4.79 Å². The molecule has 1 heterocycles. The Bertz CT molecular complexity index is 1190. The van der Waals surface area contributed by atoms with Crippen LogP contribution in [0.4, 0.5) is 13.2 Å². The lowest BCUT2D eigenvalue weighted by molar-refractivity contribution is -0.137. The zero-order valence-electron chi connectivity index (χ0n) is 16.8. The first-order valence-electron chi connectivity index (χ1n) is 9.15. The van der Waals surface area contributed by atoms with Crippen LogP contribution in [0.25, 0.3) is 17.1 Å². The molecule has 0 saturated heterocycles. The van der Waals surface area contributed by atoms with E-state index >= 15 is 0 Å². The molecule has 31 heavy (non-hydrogen) atoms. The van der Waals surface area contributed by atoms with Crippen molar-refractivity contribution in [3.05, 3.63) is 68.6 Å². The second-order valence-electron chi connectivity index (χ2n) is 7.94. The molecule has 0 unspecified atom stereocenters. The van der Waals surface area contributed by atoms with E-state index in [1.807, 2.05) is 0 Å². The number of hydrogen-bond acceptors (Lipinski definition) is 3. The smallest absolute Gasteiger partial charge is 0.297 e. The summed E-state index contributed by atoms with van der Waals surface area (Å²) in [5.41, 5.74) is -1.77. The summed E-state index contributed by atoms with van der Waals surface area (Å²) in [5, 5.41) is 4.82. The Morgan fingerprint density at radius 1 is 1.03 bits per heavy atom. The Kier molecular flexibility index (Phi) is 6.08. The minimum Gasteiger partial charge on any atom is -0.297 e. The van der Waals surface area contributed by atoms with Crippen molar-refractivity contribution in [2.24, 2.45) is 5.41 Å². The van der Waals surface area contributed by atoms with Crippen molar-refractivity contribution in [2.45, 2.75) is 33.5 Å². The summed E-state index contributed by atoms with van der Waals surface area (Å²) in [7, 11) is 0. The number of ketones is 1. The second-order valence-corrected chi connectivity index (χ2v) is 8.78. The Balaban J connectivity index is 2.20. The normalized spacial score (nSPS) is 12.3. The molecule has 5 nitrogen and oxygen atoms in total. The van der Waals surface area contributed by atoms with Crippen molar-refractivity contribution >= 4 is 29.0 Å². The highest BCUT2D eigenvalue weighted by Gasteiger charge is 2.30. The lowest BCUT2D eigenvalue weighted by Gasteiger charge is -2.15. The Hall–Kier alpha value is -2.58. The van der Waals surface area contributed by atoms with Crippen molar-refractivity contribution < 1.29 is 18.0 Å². The van der Waals surface area contributed by atoms with E-state index in [0.29, 0.717) is 10.6 Å². The number of carbonyl (C=O) groups excluding carboxylic acids is 1. The first-order valence-corrected chi connectivity index (χ1v) is 9.91. The molecule has 3 rings (SSSR count). The van der Waals surface area contributed by atoms with Gasteiger partial charge in [0, 0.05) is 16.0 Å². The van der Waals surface area contributed by atoms with Crippen LogP contribution in [0.1, 0.15) is 26.3 Å². The lowest BCUT2D eigenvalue weighted by atomic mass is 9.91. The zero-order valence-corrected chi connectivity index (χ0v) is 18.3. The molecular formula is C21H18Cl2F3N3O2. The van der Waals surface area contributed by atoms with E-state index in [1.54, 1.807) is 32.9 Å². The second kappa shape index (κ2) is 8.16. The number of halogens is 5. The van der Waals surface area contributed by atoms with Gasteiger partial charge in [0.15, 0.2) is 11.6 Å². The van der Waals surface area contributed by atoms with Crippen molar-refractivity contribution in [1.29, 1.82) is 0 Å². The number of aromatic nitrogens is 3. The highest BCUT2D eigenvalue weighted by molar-refractivity contribution is 6.36. The van der Waals surface area contributed by atoms with Crippen LogP contribution in [-0.2, 0) is 17.5 Å². The van der Waals surface area contributed by atoms with Crippen LogP contribution in [0.15, 0.2) is 47.3 Å². The minimum atomic E-state index is -4.52. The molecule has 0 N–H and O–H groups in total. The summed E-state index contributed by atoms with van der Waals surface area (Å²) in [6.07, 6.45) is -4.52. The van der Waals surface area contributed by atoms with Crippen LogP contribution in [0.3, 0.4) is 0 Å². The summed E-state index contributed by atoms with van der Waals surface area (Å²) >= 11 is 12.2. The third-order valence-electron chi connectivity index (χ3n) is 4.59. The molecule has 0 saturated carbocycles. The summed E-state index contributed by atoms with van der Waals surface area (Å²) < 4.78 is 40.9. The van der Waals surface area contributed by atoms with Gasteiger partial charge in [0.05, 0.1) is 16.3 Å². The first kappa shape index (κ1) is 23.1. The fourth-order valence-corrected chi connectivity index (χ4v) is 3.25. The zero-order chi connectivity index (χ0) is 23.1. The number of rotatable bonds is 4. The summed E-state index contributed by atoms with van der Waals surface area (Å²) in [6.45, 7) is 4.84. The predicted molar refractivity (Wildman–Crippen MR) is 113 cm³/mol. The summed E-state index contributed by atoms with van der Waals surface area (Å²) in [5.74, 6) is -0.159. The molecule has 0 aliphatic heterocycles. The predicted octanol–water partition coefficient (Wildman–Crippen LogP) is 5.64. The van der Waals surface area contributed by atoms with Gasteiger partial charge in [-0.15, -0.1) is 5.10 Å². The van der Waals surface area contributed by atoms with Gasteiger partial charge in [0.2, 0.25) is 0 Å². The molecule has 164 valence electrons. The van der Waals surface area contributed by atoms with E-state index < -0.39 is 22.8 Å². The number of alkyl halides is 3. The molecule has 0 spiro atoms. The standard InChI is InChI=1S/C21H18Cl2F3N3O2/c1-20(2,3)17(30)11-28-19(31)29(14-7-4-12(5-8-14)21(24,25)26)18(27-28)15-9-6-13(22)10-16(15)23/h4-10H,11H2,1-3H3. The van der Waals surface area contributed by atoms with Crippen molar-refractivity contribution in [3.8, 4) is 17.1 Å². The van der Waals surface area contributed by atoms with Gasteiger partial charge in [-0.05, 0) is 42.5 Å². The monoisotopic (exact) mass is 471 g/mol. The quantitative estimate of drug-likeness (QED) is 0.494. The fourth-order valence-electron chi connectivity index (χ4n) is 2.76. The number of nitrogens with zero attached hydrogens (tertiary/aromatic N) is 3. The van der Waals surface area contributed by atoms with Gasteiger partial charge in [0.1, 0.15) is 6.54 Å². The molecule has 0 aliphatic carbocycles. The van der Waals surface area contributed by atoms with Crippen LogP contribution in [0.2, 0.25) is 10.0 Å².